The first-order valence-electron chi connectivity index (χ1n) is 13.7. The average molecular weight is 580 g/mol. The molecule has 10 heteroatoms. The van der Waals surface area contributed by atoms with E-state index in [-0.39, 0.29) is 39.7 Å². The number of aromatic nitrogens is 3. The number of halogens is 2. The molecule has 4 aromatic rings. The second kappa shape index (κ2) is 11.0. The molecule has 2 aromatic carbocycles. The molecule has 5 rings (SSSR count). The van der Waals surface area contributed by atoms with Crippen molar-refractivity contribution in [1.82, 2.24) is 19.9 Å². The van der Waals surface area contributed by atoms with Crippen LogP contribution < -0.4 is 16.2 Å². The van der Waals surface area contributed by atoms with Crippen molar-refractivity contribution >= 4 is 38.1 Å². The highest BCUT2D eigenvalue weighted by Crippen LogP contribution is 2.33. The highest BCUT2D eigenvalue weighted by Gasteiger charge is 2.26. The highest BCUT2D eigenvalue weighted by atomic mass is 32.2. The van der Waals surface area contributed by atoms with Gasteiger partial charge in [0.25, 0.3) is 5.56 Å². The van der Waals surface area contributed by atoms with E-state index in [1.165, 1.54) is 29.0 Å². The van der Waals surface area contributed by atoms with E-state index in [1.54, 1.807) is 12.3 Å². The first kappa shape index (κ1) is 28.9. The Bertz CT molecular complexity index is 1790. The molecule has 1 aliphatic heterocycles. The normalized spacial score (nSPS) is 20.7. The molecule has 1 aliphatic rings. The van der Waals surface area contributed by atoms with Crippen LogP contribution in [0.15, 0.2) is 58.4 Å². The van der Waals surface area contributed by atoms with Crippen molar-refractivity contribution in [3.05, 3.63) is 76.2 Å². The summed E-state index contributed by atoms with van der Waals surface area (Å²) in [7, 11) is -2.61. The van der Waals surface area contributed by atoms with Crippen LogP contribution in [0.5, 0.6) is 0 Å². The van der Waals surface area contributed by atoms with Gasteiger partial charge in [-0.2, -0.15) is 4.98 Å². The lowest BCUT2D eigenvalue weighted by Gasteiger charge is -2.33. The maximum atomic E-state index is 15.2. The molecule has 2 N–H and O–H groups in total. The minimum Gasteiger partial charge on any atom is -0.324 e. The summed E-state index contributed by atoms with van der Waals surface area (Å²) in [4.78, 5) is 22.8. The van der Waals surface area contributed by atoms with Gasteiger partial charge in [0.15, 0.2) is 0 Å². The van der Waals surface area contributed by atoms with Crippen LogP contribution in [0, 0.1) is 11.6 Å². The minimum atomic E-state index is -2.61. The van der Waals surface area contributed by atoms with Crippen molar-refractivity contribution in [2.75, 3.05) is 11.6 Å². The summed E-state index contributed by atoms with van der Waals surface area (Å²) in [5.41, 5.74) is 1.38. The molecular weight excluding hydrogens is 544 g/mol. The molecule has 1 fully saturated rings. The molecule has 41 heavy (non-hydrogen) atoms. The van der Waals surface area contributed by atoms with Crippen LogP contribution in [0.2, 0.25) is 0 Å². The first-order valence-corrected chi connectivity index (χ1v) is 15.8. The number of fused-ring (bicyclic) bond motifs is 1. The van der Waals surface area contributed by atoms with Crippen molar-refractivity contribution < 1.29 is 13.0 Å². The number of hydrogen-bond donors (Lipinski definition) is 2. The number of benzene rings is 2. The van der Waals surface area contributed by atoms with E-state index in [1.807, 2.05) is 26.0 Å². The van der Waals surface area contributed by atoms with E-state index in [9.17, 15) is 9.00 Å². The third-order valence-corrected chi connectivity index (χ3v) is 8.81. The summed E-state index contributed by atoms with van der Waals surface area (Å²) in [6.07, 6.45) is 4.74. The van der Waals surface area contributed by atoms with Crippen LogP contribution in [0.25, 0.3) is 22.2 Å². The number of anilines is 2. The van der Waals surface area contributed by atoms with Gasteiger partial charge < -0.3 is 10.6 Å². The molecule has 216 valence electrons. The van der Waals surface area contributed by atoms with E-state index >= 15 is 8.78 Å². The Morgan fingerprint density at radius 3 is 2.37 bits per heavy atom. The van der Waals surface area contributed by atoms with Gasteiger partial charge >= 0.3 is 0 Å². The smallest absolute Gasteiger partial charge is 0.260 e. The maximum absolute atomic E-state index is 15.2. The monoisotopic (exact) mass is 579 g/mol. The number of piperidine rings is 1. The van der Waals surface area contributed by atoms with E-state index in [0.29, 0.717) is 34.4 Å². The molecule has 0 amide bonds. The largest absolute Gasteiger partial charge is 0.324 e. The zero-order valence-electron chi connectivity index (χ0n) is 23.9. The van der Waals surface area contributed by atoms with Crippen molar-refractivity contribution in [3.8, 4) is 11.1 Å². The minimum absolute atomic E-state index is 0.0917. The quantitative estimate of drug-likeness (QED) is 0.272. The van der Waals surface area contributed by atoms with E-state index in [2.05, 4.69) is 40.3 Å². The van der Waals surface area contributed by atoms with Crippen molar-refractivity contribution in [3.63, 3.8) is 0 Å². The summed E-state index contributed by atoms with van der Waals surface area (Å²) in [5.74, 6) is 3.01. The van der Waals surface area contributed by atoms with Crippen LogP contribution in [0.1, 0.15) is 58.1 Å². The molecule has 0 spiro atoms. The van der Waals surface area contributed by atoms with Gasteiger partial charge in [-0.3, -0.25) is 13.6 Å². The number of nitrogens with zero attached hydrogens (tertiary/aromatic N) is 3. The Kier molecular flexibility index (Phi) is 7.74. The van der Waals surface area contributed by atoms with Gasteiger partial charge in [-0.15, -0.1) is 0 Å². The van der Waals surface area contributed by atoms with Gasteiger partial charge in [-0.1, -0.05) is 12.1 Å². The molecular formula is C31H35F2N5O2S. The van der Waals surface area contributed by atoms with Gasteiger partial charge in [-0.25, -0.2) is 13.8 Å². The SMILES string of the molecule is C=S(C)(=O)c1ccc(-c2cc3cnc(Nc4ccc(C5C[C@@H](C)N[C@@H](C)C5)c(F)c4)nc3n(C(C)C)c2=O)c(F)c1. The predicted octanol–water partition coefficient (Wildman–Crippen LogP) is 6.01. The topological polar surface area (TPSA) is 88.9 Å². The van der Waals surface area contributed by atoms with Crippen LogP contribution in [0.4, 0.5) is 20.4 Å². The predicted molar refractivity (Wildman–Crippen MR) is 163 cm³/mol. The standard InChI is InChI=1S/C31H35F2N5O2S/c1-17(2)38-29-21(13-26(30(38)39)25-10-8-23(15-28(25)33)41(5,6)40)16-34-31(37-29)36-22-7-9-24(27(32)14-22)20-11-18(3)35-19(4)12-20/h7-10,13-20,35H,5,11-12H2,1-4,6H3,(H,34,36,37)/t18-,19+,20?,41?. The van der Waals surface area contributed by atoms with Crippen LogP contribution >= 0.6 is 0 Å². The molecule has 3 heterocycles. The average Bonchev–Trinajstić information content (AvgIpc) is 2.87. The maximum Gasteiger partial charge on any atom is 0.260 e. The molecule has 0 bridgehead atoms. The Balaban J connectivity index is 1.50. The van der Waals surface area contributed by atoms with Gasteiger partial charge in [0.2, 0.25) is 5.95 Å². The summed E-state index contributed by atoms with van der Waals surface area (Å²) in [5, 5.41) is 7.09. The molecule has 0 radical (unpaired) electrons. The second-order valence-corrected chi connectivity index (χ2v) is 13.9. The molecule has 2 unspecified atom stereocenters. The van der Waals surface area contributed by atoms with Crippen molar-refractivity contribution in [2.24, 2.45) is 0 Å². The third kappa shape index (κ3) is 5.90. The molecule has 1 saturated heterocycles. The number of nitrogens with one attached hydrogen (secondary N) is 2. The van der Waals surface area contributed by atoms with Gasteiger partial charge in [0, 0.05) is 52.1 Å². The van der Waals surface area contributed by atoms with Crippen molar-refractivity contribution in [2.45, 2.75) is 69.5 Å². The van der Waals surface area contributed by atoms with Crippen LogP contribution in [-0.2, 0) is 9.52 Å². The zero-order chi connectivity index (χ0) is 29.6. The zero-order valence-corrected chi connectivity index (χ0v) is 24.7. The molecule has 4 atom stereocenters. The number of hydrogen-bond acceptors (Lipinski definition) is 6. The van der Waals surface area contributed by atoms with E-state index in [4.69, 9.17) is 0 Å². The second-order valence-electron chi connectivity index (χ2n) is 11.4. The summed E-state index contributed by atoms with van der Waals surface area (Å²) < 4.78 is 44.1. The Hall–Kier alpha value is -3.63. The third-order valence-electron chi connectivity index (χ3n) is 7.56. The lowest BCUT2D eigenvalue weighted by Crippen LogP contribution is -2.41. The molecule has 2 aromatic heterocycles. The van der Waals surface area contributed by atoms with Gasteiger partial charge in [-0.05, 0) is 97.7 Å². The van der Waals surface area contributed by atoms with Crippen LogP contribution in [0.3, 0.4) is 0 Å². The summed E-state index contributed by atoms with van der Waals surface area (Å²) in [6, 6.07) is 11.1. The molecule has 0 saturated carbocycles. The molecule has 7 nitrogen and oxygen atoms in total. The molecule has 0 aliphatic carbocycles. The highest BCUT2D eigenvalue weighted by molar-refractivity contribution is 7.99. The Labute approximate surface area is 239 Å². The van der Waals surface area contributed by atoms with Gasteiger partial charge in [0.05, 0.1) is 5.56 Å². The Morgan fingerprint density at radius 1 is 1.05 bits per heavy atom. The lowest BCUT2D eigenvalue weighted by molar-refractivity contribution is 0.312. The lowest BCUT2D eigenvalue weighted by atomic mass is 9.83. The van der Waals surface area contributed by atoms with Crippen molar-refractivity contribution in [1.29, 1.82) is 0 Å². The fraction of sp³-hybridized carbons (Fsp3) is 0.355. The van der Waals surface area contributed by atoms with E-state index in [0.717, 1.165) is 18.9 Å². The van der Waals surface area contributed by atoms with E-state index < -0.39 is 20.9 Å². The fourth-order valence-corrected chi connectivity index (χ4v) is 6.43. The Morgan fingerprint density at radius 2 is 1.76 bits per heavy atom. The number of rotatable bonds is 6. The fourth-order valence-electron chi connectivity index (χ4n) is 5.73. The summed E-state index contributed by atoms with van der Waals surface area (Å²) >= 11 is 0. The van der Waals surface area contributed by atoms with Gasteiger partial charge in [0.1, 0.15) is 17.3 Å². The first-order chi connectivity index (χ1) is 19.3. The van der Waals surface area contributed by atoms with Crippen LogP contribution in [-0.4, -0.2) is 43.0 Å². The summed E-state index contributed by atoms with van der Waals surface area (Å²) in [6.45, 7) is 7.91. The number of pyridine rings is 1.